The number of ether oxygens (including phenoxy) is 3. The van der Waals surface area contributed by atoms with Gasteiger partial charge < -0.3 is 28.6 Å². The van der Waals surface area contributed by atoms with Crippen LogP contribution in [0.25, 0.3) is 23.0 Å². The summed E-state index contributed by atoms with van der Waals surface area (Å²) in [4.78, 5) is 17.2. The SMILES string of the molecule is COc1cccc([C@H](C)NC(=O)Cn2cccc2-c2nc(-c3ccc4c(c3)OCO4)no2)c1. The summed E-state index contributed by atoms with van der Waals surface area (Å²) in [5.41, 5.74) is 2.36. The van der Waals surface area contributed by atoms with Gasteiger partial charge in [-0.15, -0.1) is 0 Å². The minimum atomic E-state index is -0.173. The van der Waals surface area contributed by atoms with Crippen LogP contribution in [-0.4, -0.2) is 34.5 Å². The van der Waals surface area contributed by atoms with Crippen LogP contribution >= 0.6 is 0 Å². The smallest absolute Gasteiger partial charge is 0.274 e. The molecule has 0 bridgehead atoms. The summed E-state index contributed by atoms with van der Waals surface area (Å²) < 4.78 is 23.3. The number of benzene rings is 2. The molecule has 33 heavy (non-hydrogen) atoms. The number of rotatable bonds is 7. The Labute approximate surface area is 189 Å². The third-order valence-corrected chi connectivity index (χ3v) is 5.39. The summed E-state index contributed by atoms with van der Waals surface area (Å²) in [6.45, 7) is 2.24. The lowest BCUT2D eigenvalue weighted by Gasteiger charge is -2.16. The molecule has 9 heteroatoms. The molecular weight excluding hydrogens is 424 g/mol. The van der Waals surface area contributed by atoms with Gasteiger partial charge in [0.15, 0.2) is 11.5 Å². The summed E-state index contributed by atoms with van der Waals surface area (Å²) in [6, 6.07) is 16.6. The van der Waals surface area contributed by atoms with E-state index in [-0.39, 0.29) is 25.3 Å². The predicted molar refractivity (Wildman–Crippen MR) is 119 cm³/mol. The fraction of sp³-hybridized carbons (Fsp3) is 0.208. The molecule has 0 fully saturated rings. The first-order chi connectivity index (χ1) is 16.1. The Morgan fingerprint density at radius 3 is 2.91 bits per heavy atom. The zero-order valence-electron chi connectivity index (χ0n) is 18.1. The van der Waals surface area contributed by atoms with Crippen molar-refractivity contribution in [3.63, 3.8) is 0 Å². The number of amides is 1. The molecule has 4 aromatic rings. The number of aromatic nitrogens is 3. The Kier molecular flexibility index (Phi) is 5.43. The van der Waals surface area contributed by atoms with E-state index in [1.54, 1.807) is 17.9 Å². The van der Waals surface area contributed by atoms with E-state index in [1.165, 1.54) is 0 Å². The summed E-state index contributed by atoms with van der Waals surface area (Å²) in [5.74, 6) is 2.68. The molecule has 0 unspecified atom stereocenters. The molecule has 2 aromatic heterocycles. The zero-order valence-corrected chi connectivity index (χ0v) is 18.1. The third-order valence-electron chi connectivity index (χ3n) is 5.39. The number of nitrogens with one attached hydrogen (secondary N) is 1. The molecule has 0 aliphatic carbocycles. The van der Waals surface area contributed by atoms with Gasteiger partial charge in [0, 0.05) is 11.8 Å². The van der Waals surface area contributed by atoms with Crippen LogP contribution in [0.15, 0.2) is 65.3 Å². The van der Waals surface area contributed by atoms with E-state index < -0.39 is 0 Å². The lowest BCUT2D eigenvalue weighted by atomic mass is 10.1. The molecule has 9 nitrogen and oxygen atoms in total. The fourth-order valence-electron chi connectivity index (χ4n) is 3.66. The molecule has 1 aliphatic rings. The standard InChI is InChI=1S/C24H22N4O5/c1-15(16-5-3-6-18(11-16)30-2)25-22(29)13-28-10-4-7-19(28)24-26-23(27-33-24)17-8-9-20-21(12-17)32-14-31-20/h3-12,15H,13-14H2,1-2H3,(H,25,29)/t15-/m0/s1. The van der Waals surface area contributed by atoms with Crippen LogP contribution in [0.3, 0.4) is 0 Å². The summed E-state index contributed by atoms with van der Waals surface area (Å²) in [6.07, 6.45) is 1.80. The van der Waals surface area contributed by atoms with E-state index in [0.29, 0.717) is 28.9 Å². The van der Waals surface area contributed by atoms with Crippen molar-refractivity contribution in [3.8, 4) is 40.2 Å². The van der Waals surface area contributed by atoms with E-state index in [0.717, 1.165) is 16.9 Å². The first kappa shape index (κ1) is 20.6. The van der Waals surface area contributed by atoms with Gasteiger partial charge >= 0.3 is 0 Å². The average Bonchev–Trinajstić information content (AvgIpc) is 3.58. The lowest BCUT2D eigenvalue weighted by Crippen LogP contribution is -2.30. The van der Waals surface area contributed by atoms with Crippen molar-refractivity contribution in [1.29, 1.82) is 0 Å². The van der Waals surface area contributed by atoms with Gasteiger partial charge in [0.1, 0.15) is 18.0 Å². The number of fused-ring (bicyclic) bond motifs is 1. The van der Waals surface area contributed by atoms with E-state index >= 15 is 0 Å². The van der Waals surface area contributed by atoms with Gasteiger partial charge in [-0.1, -0.05) is 17.3 Å². The molecule has 1 N–H and O–H groups in total. The number of carbonyl (C=O) groups is 1. The van der Waals surface area contributed by atoms with Gasteiger partial charge in [-0.05, 0) is 55.0 Å². The van der Waals surface area contributed by atoms with E-state index in [2.05, 4.69) is 15.5 Å². The number of carbonyl (C=O) groups excluding carboxylic acids is 1. The third kappa shape index (κ3) is 4.25. The highest BCUT2D eigenvalue weighted by atomic mass is 16.7. The van der Waals surface area contributed by atoms with E-state index in [9.17, 15) is 4.79 Å². The second-order valence-corrected chi connectivity index (χ2v) is 7.58. The maximum atomic E-state index is 12.7. The van der Waals surface area contributed by atoms with Crippen LogP contribution in [0.4, 0.5) is 0 Å². The molecule has 1 atom stereocenters. The van der Waals surface area contributed by atoms with Crippen molar-refractivity contribution in [2.24, 2.45) is 0 Å². The van der Waals surface area contributed by atoms with Gasteiger partial charge in [0.25, 0.3) is 5.89 Å². The molecule has 2 aromatic carbocycles. The second kappa shape index (κ2) is 8.70. The largest absolute Gasteiger partial charge is 0.497 e. The number of nitrogens with zero attached hydrogens (tertiary/aromatic N) is 3. The first-order valence-corrected chi connectivity index (χ1v) is 10.4. The predicted octanol–water partition coefficient (Wildman–Crippen LogP) is 3.82. The van der Waals surface area contributed by atoms with Crippen molar-refractivity contribution in [2.45, 2.75) is 19.5 Å². The maximum absolute atomic E-state index is 12.7. The molecule has 3 heterocycles. The van der Waals surface area contributed by atoms with Crippen LogP contribution in [-0.2, 0) is 11.3 Å². The van der Waals surface area contributed by atoms with Crippen LogP contribution in [0.2, 0.25) is 0 Å². The van der Waals surface area contributed by atoms with Crippen molar-refractivity contribution in [3.05, 3.63) is 66.4 Å². The topological polar surface area (TPSA) is 101 Å². The van der Waals surface area contributed by atoms with E-state index in [1.807, 2.05) is 61.5 Å². The van der Waals surface area contributed by atoms with Gasteiger partial charge in [-0.3, -0.25) is 4.79 Å². The molecule has 1 aliphatic heterocycles. The molecule has 5 rings (SSSR count). The number of methoxy groups -OCH3 is 1. The Morgan fingerprint density at radius 1 is 1.15 bits per heavy atom. The normalized spacial score (nSPS) is 13.0. The molecule has 168 valence electrons. The van der Waals surface area contributed by atoms with Crippen molar-refractivity contribution < 1.29 is 23.5 Å². The highest BCUT2D eigenvalue weighted by molar-refractivity contribution is 5.77. The lowest BCUT2D eigenvalue weighted by molar-refractivity contribution is -0.122. The molecular formula is C24H22N4O5. The van der Waals surface area contributed by atoms with Crippen LogP contribution in [0.5, 0.6) is 17.2 Å². The summed E-state index contributed by atoms with van der Waals surface area (Å²) in [5, 5.41) is 7.10. The minimum Gasteiger partial charge on any atom is -0.497 e. The zero-order chi connectivity index (χ0) is 22.8. The quantitative estimate of drug-likeness (QED) is 0.461. The van der Waals surface area contributed by atoms with Gasteiger partial charge in [0.05, 0.1) is 13.2 Å². The second-order valence-electron chi connectivity index (χ2n) is 7.58. The Bertz CT molecular complexity index is 1300. The Balaban J connectivity index is 1.29. The molecule has 1 amide bonds. The Morgan fingerprint density at radius 2 is 2.03 bits per heavy atom. The minimum absolute atomic E-state index is 0.110. The first-order valence-electron chi connectivity index (χ1n) is 10.4. The van der Waals surface area contributed by atoms with Crippen molar-refractivity contribution >= 4 is 5.91 Å². The highest BCUT2D eigenvalue weighted by Crippen LogP contribution is 2.35. The summed E-state index contributed by atoms with van der Waals surface area (Å²) in [7, 11) is 1.62. The van der Waals surface area contributed by atoms with Crippen LogP contribution in [0, 0.1) is 0 Å². The molecule has 0 saturated heterocycles. The van der Waals surface area contributed by atoms with E-state index in [4.69, 9.17) is 18.7 Å². The molecule has 0 radical (unpaired) electrons. The molecule has 0 saturated carbocycles. The average molecular weight is 446 g/mol. The monoisotopic (exact) mass is 446 g/mol. The molecule has 0 spiro atoms. The maximum Gasteiger partial charge on any atom is 0.274 e. The van der Waals surface area contributed by atoms with Gasteiger partial charge in [-0.2, -0.15) is 4.98 Å². The fourth-order valence-corrected chi connectivity index (χ4v) is 3.66. The van der Waals surface area contributed by atoms with Crippen LogP contribution in [0.1, 0.15) is 18.5 Å². The van der Waals surface area contributed by atoms with Gasteiger partial charge in [0.2, 0.25) is 18.5 Å². The van der Waals surface area contributed by atoms with Crippen molar-refractivity contribution in [1.82, 2.24) is 20.0 Å². The number of hydrogen-bond acceptors (Lipinski definition) is 7. The highest BCUT2D eigenvalue weighted by Gasteiger charge is 2.19. The van der Waals surface area contributed by atoms with Crippen LogP contribution < -0.4 is 19.5 Å². The Hall–Kier alpha value is -4.27. The van der Waals surface area contributed by atoms with Crippen molar-refractivity contribution in [2.75, 3.05) is 13.9 Å². The summed E-state index contributed by atoms with van der Waals surface area (Å²) >= 11 is 0. The number of hydrogen-bond donors (Lipinski definition) is 1. The van der Waals surface area contributed by atoms with Gasteiger partial charge in [-0.25, -0.2) is 0 Å².